The van der Waals surface area contributed by atoms with E-state index in [1.54, 1.807) is 11.3 Å². The summed E-state index contributed by atoms with van der Waals surface area (Å²) in [6, 6.07) is 6.30. The molecule has 2 N–H and O–H groups in total. The highest BCUT2D eigenvalue weighted by Crippen LogP contribution is 2.21. The highest BCUT2D eigenvalue weighted by molar-refractivity contribution is 7.16. The summed E-state index contributed by atoms with van der Waals surface area (Å²) in [5.41, 5.74) is 4.31. The summed E-state index contributed by atoms with van der Waals surface area (Å²) in [5, 5.41) is 6.87. The molecule has 0 amide bonds. The average molecular weight is 249 g/mol. The van der Waals surface area contributed by atoms with Crippen LogP contribution in [0.5, 0.6) is 0 Å². The lowest BCUT2D eigenvalue weighted by molar-refractivity contribution is 0.435. The van der Waals surface area contributed by atoms with E-state index in [1.165, 1.54) is 4.70 Å². The Balaban J connectivity index is 1.86. The number of anilines is 1. The van der Waals surface area contributed by atoms with Crippen LogP contribution >= 0.6 is 11.3 Å². The molecule has 92 valence electrons. The number of aromatic nitrogens is 1. The molecule has 0 atom stereocenters. The van der Waals surface area contributed by atoms with Gasteiger partial charge in [0, 0.05) is 24.3 Å². The van der Waals surface area contributed by atoms with Crippen LogP contribution in [0.1, 0.15) is 20.8 Å². The van der Waals surface area contributed by atoms with E-state index in [1.807, 2.05) is 5.51 Å². The fourth-order valence-electron chi connectivity index (χ4n) is 1.61. The molecule has 0 saturated heterocycles. The number of hydrogen-bond acceptors (Lipinski definition) is 4. The highest BCUT2D eigenvalue weighted by atomic mass is 32.1. The van der Waals surface area contributed by atoms with Crippen molar-refractivity contribution in [3.8, 4) is 0 Å². The van der Waals surface area contributed by atoms with Crippen LogP contribution in [0.4, 0.5) is 5.69 Å². The highest BCUT2D eigenvalue weighted by Gasteiger charge is 2.07. The molecule has 0 radical (unpaired) electrons. The van der Waals surface area contributed by atoms with Gasteiger partial charge in [-0.2, -0.15) is 0 Å². The Morgan fingerprint density at radius 2 is 2.06 bits per heavy atom. The molecule has 2 rings (SSSR count). The van der Waals surface area contributed by atoms with E-state index >= 15 is 0 Å². The number of nitrogens with one attached hydrogen (secondary N) is 2. The molecule has 1 heterocycles. The van der Waals surface area contributed by atoms with Gasteiger partial charge in [0.15, 0.2) is 0 Å². The molecule has 0 aliphatic heterocycles. The standard InChI is InChI=1S/C13H19N3S/c1-13(2,3)16-7-6-14-10-4-5-11-12(8-10)17-9-15-11/h4-5,8-9,14,16H,6-7H2,1-3H3. The minimum Gasteiger partial charge on any atom is -0.384 e. The molecule has 0 spiro atoms. The van der Waals surface area contributed by atoms with Crippen molar-refractivity contribution in [3.63, 3.8) is 0 Å². The van der Waals surface area contributed by atoms with Gasteiger partial charge >= 0.3 is 0 Å². The second kappa shape index (κ2) is 5.02. The SMILES string of the molecule is CC(C)(C)NCCNc1ccc2ncsc2c1. The fraction of sp³-hybridized carbons (Fsp3) is 0.462. The first-order valence-corrected chi connectivity index (χ1v) is 6.75. The Bertz CT molecular complexity index is 485. The van der Waals surface area contributed by atoms with Crippen molar-refractivity contribution in [1.82, 2.24) is 10.3 Å². The molecular formula is C13H19N3S. The van der Waals surface area contributed by atoms with Crippen molar-refractivity contribution in [2.75, 3.05) is 18.4 Å². The molecule has 0 bridgehead atoms. The van der Waals surface area contributed by atoms with E-state index in [2.05, 4.69) is 54.6 Å². The fourth-order valence-corrected chi connectivity index (χ4v) is 2.33. The molecule has 0 fully saturated rings. The van der Waals surface area contributed by atoms with Gasteiger partial charge in [0.05, 0.1) is 15.7 Å². The third kappa shape index (κ3) is 3.68. The predicted octanol–water partition coefficient (Wildman–Crippen LogP) is 3.10. The first kappa shape index (κ1) is 12.3. The normalized spacial score (nSPS) is 11.9. The molecule has 3 nitrogen and oxygen atoms in total. The lowest BCUT2D eigenvalue weighted by Crippen LogP contribution is -2.38. The van der Waals surface area contributed by atoms with Crippen LogP contribution in [0.15, 0.2) is 23.7 Å². The lowest BCUT2D eigenvalue weighted by Gasteiger charge is -2.20. The first-order valence-electron chi connectivity index (χ1n) is 5.87. The van der Waals surface area contributed by atoms with Gasteiger partial charge in [0.25, 0.3) is 0 Å². The third-order valence-corrected chi connectivity index (χ3v) is 3.23. The molecule has 4 heteroatoms. The van der Waals surface area contributed by atoms with Gasteiger partial charge in [0.2, 0.25) is 0 Å². The smallest absolute Gasteiger partial charge is 0.0813 e. The maximum absolute atomic E-state index is 4.27. The summed E-state index contributed by atoms with van der Waals surface area (Å²) in [6.07, 6.45) is 0. The van der Waals surface area contributed by atoms with Crippen molar-refractivity contribution in [3.05, 3.63) is 23.7 Å². The van der Waals surface area contributed by atoms with E-state index in [-0.39, 0.29) is 5.54 Å². The van der Waals surface area contributed by atoms with E-state index in [4.69, 9.17) is 0 Å². The van der Waals surface area contributed by atoms with Crippen LogP contribution in [0.2, 0.25) is 0 Å². The summed E-state index contributed by atoms with van der Waals surface area (Å²) in [7, 11) is 0. The zero-order chi connectivity index (χ0) is 12.3. The molecule has 0 aliphatic carbocycles. The Labute approximate surface area is 106 Å². The van der Waals surface area contributed by atoms with E-state index in [9.17, 15) is 0 Å². The second-order valence-electron chi connectivity index (χ2n) is 5.14. The van der Waals surface area contributed by atoms with Crippen LogP contribution in [-0.4, -0.2) is 23.6 Å². The van der Waals surface area contributed by atoms with Crippen molar-refractivity contribution in [2.24, 2.45) is 0 Å². The number of thiazole rings is 1. The molecule has 1 aromatic heterocycles. The monoisotopic (exact) mass is 249 g/mol. The van der Waals surface area contributed by atoms with Gasteiger partial charge in [-0.25, -0.2) is 4.98 Å². The van der Waals surface area contributed by atoms with Crippen molar-refractivity contribution >= 4 is 27.2 Å². The predicted molar refractivity (Wildman–Crippen MR) is 75.9 cm³/mol. The van der Waals surface area contributed by atoms with Crippen molar-refractivity contribution in [1.29, 1.82) is 0 Å². The molecular weight excluding hydrogens is 230 g/mol. The molecule has 17 heavy (non-hydrogen) atoms. The number of hydrogen-bond donors (Lipinski definition) is 2. The summed E-state index contributed by atoms with van der Waals surface area (Å²) in [5.74, 6) is 0. The Kier molecular flexibility index (Phi) is 3.64. The summed E-state index contributed by atoms with van der Waals surface area (Å²) < 4.78 is 1.23. The van der Waals surface area contributed by atoms with E-state index < -0.39 is 0 Å². The van der Waals surface area contributed by atoms with Crippen LogP contribution in [0, 0.1) is 0 Å². The number of rotatable bonds is 4. The van der Waals surface area contributed by atoms with Gasteiger partial charge in [-0.1, -0.05) is 0 Å². The maximum atomic E-state index is 4.27. The summed E-state index contributed by atoms with van der Waals surface area (Å²) in [6.45, 7) is 8.43. The van der Waals surface area contributed by atoms with Gasteiger partial charge in [-0.05, 0) is 39.0 Å². The van der Waals surface area contributed by atoms with Crippen LogP contribution in [0.25, 0.3) is 10.2 Å². The molecule has 1 aromatic carbocycles. The van der Waals surface area contributed by atoms with E-state index in [0.29, 0.717) is 0 Å². The number of benzene rings is 1. The van der Waals surface area contributed by atoms with Crippen LogP contribution in [-0.2, 0) is 0 Å². The first-order chi connectivity index (χ1) is 8.04. The minimum absolute atomic E-state index is 0.184. The summed E-state index contributed by atoms with van der Waals surface area (Å²) in [4.78, 5) is 4.27. The quantitative estimate of drug-likeness (QED) is 0.818. The second-order valence-corrected chi connectivity index (χ2v) is 6.02. The van der Waals surface area contributed by atoms with Crippen molar-refractivity contribution < 1.29 is 0 Å². The van der Waals surface area contributed by atoms with Gasteiger partial charge in [-0.15, -0.1) is 11.3 Å². The lowest BCUT2D eigenvalue weighted by atomic mass is 10.1. The zero-order valence-corrected chi connectivity index (χ0v) is 11.4. The third-order valence-electron chi connectivity index (χ3n) is 2.44. The maximum Gasteiger partial charge on any atom is 0.0813 e. The van der Waals surface area contributed by atoms with Crippen molar-refractivity contribution in [2.45, 2.75) is 26.3 Å². The Hall–Kier alpha value is -1.13. The topological polar surface area (TPSA) is 37.0 Å². The van der Waals surface area contributed by atoms with Crippen LogP contribution in [0.3, 0.4) is 0 Å². The van der Waals surface area contributed by atoms with Gasteiger partial charge < -0.3 is 10.6 Å². The van der Waals surface area contributed by atoms with Gasteiger partial charge in [0.1, 0.15) is 0 Å². The van der Waals surface area contributed by atoms with E-state index in [0.717, 1.165) is 24.3 Å². The molecule has 0 aliphatic rings. The van der Waals surface area contributed by atoms with Crippen LogP contribution < -0.4 is 10.6 Å². The number of fused-ring (bicyclic) bond motifs is 1. The molecule has 0 unspecified atom stereocenters. The summed E-state index contributed by atoms with van der Waals surface area (Å²) >= 11 is 1.68. The largest absolute Gasteiger partial charge is 0.384 e. The molecule has 0 saturated carbocycles. The Morgan fingerprint density at radius 3 is 2.82 bits per heavy atom. The Morgan fingerprint density at radius 1 is 1.24 bits per heavy atom. The van der Waals surface area contributed by atoms with Gasteiger partial charge in [-0.3, -0.25) is 0 Å². The minimum atomic E-state index is 0.184. The number of nitrogens with zero attached hydrogens (tertiary/aromatic N) is 1. The zero-order valence-electron chi connectivity index (χ0n) is 10.6. The molecule has 2 aromatic rings. The average Bonchev–Trinajstić information content (AvgIpc) is 2.70.